The van der Waals surface area contributed by atoms with Crippen molar-refractivity contribution in [3.8, 4) is 0 Å². The Balaban J connectivity index is 0.000000159. The molecule has 0 amide bonds. The number of alkyl halides is 1. The van der Waals surface area contributed by atoms with E-state index in [1.807, 2.05) is 126 Å². The van der Waals surface area contributed by atoms with Crippen LogP contribution in [0.1, 0.15) is 116 Å². The van der Waals surface area contributed by atoms with Crippen molar-refractivity contribution in [1.82, 2.24) is 9.80 Å². The first-order valence-corrected chi connectivity index (χ1v) is 49.3. The van der Waals surface area contributed by atoms with Crippen molar-refractivity contribution in [3.63, 3.8) is 0 Å². The third-order valence-electron chi connectivity index (χ3n) is 24.0. The van der Waals surface area contributed by atoms with Crippen molar-refractivity contribution in [2.45, 2.75) is 87.1 Å². The molecule has 21 rings (SSSR count). The standard InChI is InChI=1S/C27H28FN2O3S.C21H23FN2O2.C15H14FNO2.C14H12FNO2.C10H12O5S.C7H13NO.C6H5ClOS.C6H6FN/c28-21-8-10-22(11-9-21)29-26(20-5-2-1-3-6-20)27(32)33-24-18-30(14-12-19(24)13-15-30)17-23(31)25-7-4-16-34-25;22-17-6-8-18(9-7-17)23-20(16-4-2-1-3-5-16)21(25)26-19-14-24-12-10-15(19)11-13-24;1-19-15(18)14(11-5-3-2-4-6-11)17-13-9-7-12(16)8-10-13;15-11-6-8-12(9-7-11)16-13(14(17)18)10-4-2-1-3-5-10;1-14-10(11)9(15-16(2,12)13)8-6-4-3-5-7-8;9-7-5-8-3-1-6(7)2-4-8;7-4-5(8)6-2-1-3-9-6;7-5-1-3-6(8)4-2-5/h1-11,16,19,24,26,29H,12-15,17-18H2;1-9,15,19-20,23H,10-14H2;2-10,14,17H,1H3;1-9,13,16H,(H,17,18);3-7,9H,1-2H3;6-7,9H,1-5H2;1-3H,4H2;1-4H,8H2/q+1;;;;;;;/t19?,24-,26+,30?;19-,20+;14-;13-;9-;7-;;/m001101../s1. The molecule has 0 aliphatic carbocycles. The van der Waals surface area contributed by atoms with E-state index in [9.17, 15) is 74.1 Å². The topological polar surface area (TPSA) is 321 Å². The van der Waals surface area contributed by atoms with Gasteiger partial charge in [0, 0.05) is 60.3 Å². The molecular formula is C106H113ClF5N8O16S3+. The molecule has 12 aromatic rings. The normalized spacial score (nSPS) is 19.7. The summed E-state index contributed by atoms with van der Waals surface area (Å²) < 4.78 is 113. The van der Waals surface area contributed by atoms with E-state index in [-0.39, 0.29) is 76.8 Å². The maximum Gasteiger partial charge on any atom is 0.341 e. The molecule has 0 spiro atoms. The fraction of sp³-hybridized carbons (Fsp3) is 0.292. The Labute approximate surface area is 818 Å². The van der Waals surface area contributed by atoms with Crippen LogP contribution in [0.3, 0.4) is 0 Å². The number of rotatable bonds is 27. The first kappa shape index (κ1) is 106. The summed E-state index contributed by atoms with van der Waals surface area (Å²) >= 11 is 8.20. The highest BCUT2D eigenvalue weighted by Gasteiger charge is 2.49. The Bertz CT molecular complexity index is 5880. The quantitative estimate of drug-likeness (QED) is 0.00368. The van der Waals surface area contributed by atoms with Crippen LogP contribution in [-0.2, 0) is 57.2 Å². The van der Waals surface area contributed by atoms with Gasteiger partial charge in [-0.25, -0.2) is 45.9 Å². The van der Waals surface area contributed by atoms with Gasteiger partial charge in [0.2, 0.25) is 5.78 Å². The van der Waals surface area contributed by atoms with E-state index in [0.29, 0.717) is 74.9 Å². The van der Waals surface area contributed by atoms with Crippen molar-refractivity contribution >= 4 is 114 Å². The SMILES string of the molecule is COC(=O)[C@@H](OS(C)(=O)=O)c1ccccc1.COC(=O)[C@H](Nc1ccc(F)cc1)c1ccccc1.Nc1ccc(F)cc1.O=C(CCl)c1cccs1.O=C(C[N+]12CCC(CC1)[C@@H](OC(=O)[C@H](Nc1ccc(F)cc1)c1ccccc1)C2)c1cccs1.O=C(O)[C@H](Nc1ccc(F)cc1)c1ccccc1.O=C(O[C@H]1CN2CCC1CC2)[C@H](Nc1ccc(F)cc1)c1ccccc1.O[C@@H]1CN2CCC1CC2. The van der Waals surface area contributed by atoms with Gasteiger partial charge in [-0.2, -0.15) is 8.42 Å². The highest BCUT2D eigenvalue weighted by Crippen LogP contribution is 2.39. The second kappa shape index (κ2) is 53.8. The predicted molar refractivity (Wildman–Crippen MR) is 529 cm³/mol. The van der Waals surface area contributed by atoms with Gasteiger partial charge >= 0.3 is 29.8 Å². The number of aliphatic hydroxyl groups excluding tert-OH is 1. The molecule has 8 atom stereocenters. The number of nitrogen functional groups attached to an aromatic ring is 1. The van der Waals surface area contributed by atoms with Gasteiger partial charge in [-0.15, -0.1) is 34.3 Å². The molecule has 9 fully saturated rings. The number of hydrogen-bond acceptors (Lipinski definition) is 24. The maximum atomic E-state index is 13.4. The molecule has 24 nitrogen and oxygen atoms in total. The number of nitrogens with zero attached hydrogens (tertiary/aromatic N) is 3. The number of aliphatic carboxylic acids is 1. The molecule has 0 saturated carbocycles. The molecule has 139 heavy (non-hydrogen) atoms. The maximum absolute atomic E-state index is 13.4. The van der Waals surface area contributed by atoms with E-state index >= 15 is 0 Å². The summed E-state index contributed by atoms with van der Waals surface area (Å²) in [6.07, 6.45) is 5.92. The van der Waals surface area contributed by atoms with Crippen LogP contribution in [0.15, 0.2) is 308 Å². The average Bonchev–Trinajstić information content (AvgIpc) is 1.23. The number of carbonyl (C=O) groups is 7. The van der Waals surface area contributed by atoms with Gasteiger partial charge < -0.3 is 65.5 Å². The van der Waals surface area contributed by atoms with Crippen molar-refractivity contribution < 1.29 is 102 Å². The summed E-state index contributed by atoms with van der Waals surface area (Å²) in [6, 6.07) is 79.0. The minimum absolute atomic E-state index is 0.00617. The number of nitrogens with two attached hydrogens (primary N) is 1. The second-order valence-electron chi connectivity index (χ2n) is 33.7. The molecule has 9 aliphatic rings. The van der Waals surface area contributed by atoms with E-state index in [0.717, 1.165) is 97.7 Å². The highest BCUT2D eigenvalue weighted by molar-refractivity contribution is 7.86. The summed E-state index contributed by atoms with van der Waals surface area (Å²) in [5, 5.41) is 34.7. The van der Waals surface area contributed by atoms with Gasteiger partial charge in [0.05, 0.1) is 55.3 Å². The number of anilines is 5. The van der Waals surface area contributed by atoms with E-state index < -0.39 is 58.3 Å². The van der Waals surface area contributed by atoms with Gasteiger partial charge in [0.25, 0.3) is 10.1 Å². The molecular weight excluding hydrogens is 1870 g/mol. The predicted octanol–water partition coefficient (Wildman–Crippen LogP) is 19.4. The number of carboxylic acids is 1. The number of ether oxygens (including phenoxy) is 4. The zero-order chi connectivity index (χ0) is 99.2. The van der Waals surface area contributed by atoms with Crippen molar-refractivity contribution in [3.05, 3.63) is 375 Å². The lowest BCUT2D eigenvalue weighted by molar-refractivity contribution is -0.938. The zero-order valence-corrected chi connectivity index (χ0v) is 80.0. The second-order valence-corrected chi connectivity index (χ2v) is 37.5. The van der Waals surface area contributed by atoms with Crippen LogP contribution < -0.4 is 27.0 Å². The number of benzene rings is 10. The molecule has 732 valence electrons. The summed E-state index contributed by atoms with van der Waals surface area (Å²) in [5.74, 6) is -2.64. The van der Waals surface area contributed by atoms with Crippen LogP contribution in [0, 0.1) is 46.8 Å². The molecule has 8 N–H and O–H groups in total. The first-order chi connectivity index (χ1) is 67.0. The van der Waals surface area contributed by atoms with Gasteiger partial charge in [0.15, 0.2) is 42.2 Å². The number of nitrogens with one attached hydrogen (secondary N) is 4. The fourth-order valence-corrected chi connectivity index (χ4v) is 18.7. The van der Waals surface area contributed by atoms with E-state index in [4.69, 9.17) is 31.5 Å². The zero-order valence-electron chi connectivity index (χ0n) is 76.8. The molecule has 0 radical (unpaired) electrons. The molecule has 33 heteroatoms. The number of methoxy groups -OCH3 is 2. The van der Waals surface area contributed by atoms with Crippen molar-refractivity contribution in [1.29, 1.82) is 0 Å². The lowest BCUT2D eigenvalue weighted by Crippen LogP contribution is -2.65. The lowest BCUT2D eigenvalue weighted by Gasteiger charge is -2.51. The van der Waals surface area contributed by atoms with E-state index in [1.54, 1.807) is 97.1 Å². The molecule has 11 heterocycles. The van der Waals surface area contributed by atoms with E-state index in [1.165, 1.54) is 148 Å². The van der Waals surface area contributed by atoms with Gasteiger partial charge in [-0.1, -0.05) is 164 Å². The number of thiophene rings is 2. The minimum atomic E-state index is -3.73. The fourth-order valence-electron chi connectivity index (χ4n) is 16.6. The van der Waals surface area contributed by atoms with Crippen molar-refractivity contribution in [2.75, 3.05) is 119 Å². The molecule has 9 saturated heterocycles. The monoisotopic (exact) mass is 1980 g/mol. The summed E-state index contributed by atoms with van der Waals surface area (Å²) in [4.78, 5) is 90.7. The van der Waals surface area contributed by atoms with Crippen LogP contribution in [-0.4, -0.2) is 184 Å². The first-order valence-electron chi connectivity index (χ1n) is 45.2. The molecule has 0 unspecified atom stereocenters. The Hall–Kier alpha value is -13.0. The molecule has 9 aliphatic heterocycles. The molecule has 10 aromatic carbocycles. The van der Waals surface area contributed by atoms with Crippen LogP contribution in [0.5, 0.6) is 0 Å². The Morgan fingerprint density at radius 2 is 0.755 bits per heavy atom. The summed E-state index contributed by atoms with van der Waals surface area (Å²) in [6.45, 7) is 9.45. The lowest BCUT2D eigenvalue weighted by atomic mass is 9.83. The number of esters is 4. The number of carbonyl (C=O) groups excluding carboxylic acids is 6. The van der Waals surface area contributed by atoms with Gasteiger partial charge in [0.1, 0.15) is 48.3 Å². The average molecular weight is 1980 g/mol. The smallest absolute Gasteiger partial charge is 0.341 e. The van der Waals surface area contributed by atoms with Crippen LogP contribution >= 0.6 is 34.3 Å². The third-order valence-corrected chi connectivity index (χ3v) is 26.6. The van der Waals surface area contributed by atoms with E-state index in [2.05, 4.69) is 40.0 Å². The number of Topliss-reactive ketones (excluding diaryl/α,β-unsaturated/α-hetero) is 2. The molecule has 2 aromatic heterocycles. The molecule has 6 bridgehead atoms. The van der Waals surface area contributed by atoms with Crippen LogP contribution in [0.25, 0.3) is 0 Å². The Morgan fingerprint density at radius 3 is 1.06 bits per heavy atom. The van der Waals surface area contributed by atoms with Crippen LogP contribution in [0.4, 0.5) is 50.4 Å². The summed E-state index contributed by atoms with van der Waals surface area (Å²) in [5.41, 5.74) is 11.9. The highest BCUT2D eigenvalue weighted by atomic mass is 35.5. The van der Waals surface area contributed by atoms with Crippen LogP contribution in [0.2, 0.25) is 0 Å². The summed E-state index contributed by atoms with van der Waals surface area (Å²) in [7, 11) is -1.22. The number of fused-ring (bicyclic) bond motifs is 9. The third kappa shape index (κ3) is 33.9. The number of aliphatic hydroxyl groups is 1. The largest absolute Gasteiger partial charge is 0.479 e. The number of quaternary nitrogens is 1. The number of carboxylic acid groups (broad SMARTS) is 1. The van der Waals surface area contributed by atoms with Crippen molar-refractivity contribution in [2.24, 2.45) is 17.8 Å². The number of hydrogen-bond donors (Lipinski definition) is 7. The Kier molecular flexibility index (Phi) is 41.2. The Morgan fingerprint density at radius 1 is 0.424 bits per heavy atom. The number of halogens is 6. The number of piperidine rings is 9. The van der Waals surface area contributed by atoms with Gasteiger partial charge in [-0.3, -0.25) is 18.7 Å². The van der Waals surface area contributed by atoms with Gasteiger partial charge in [-0.05, 0) is 236 Å². The minimum Gasteiger partial charge on any atom is -0.479 e. The number of ketones is 2.